The van der Waals surface area contributed by atoms with Crippen molar-refractivity contribution in [1.82, 2.24) is 9.97 Å². The molecule has 1 aromatic heterocycles. The highest BCUT2D eigenvalue weighted by molar-refractivity contribution is 7.91. The van der Waals surface area contributed by atoms with Crippen LogP contribution in [0.4, 0.5) is 5.82 Å². The summed E-state index contributed by atoms with van der Waals surface area (Å²) in [7, 11) is -3.23. The van der Waals surface area contributed by atoms with E-state index < -0.39 is 9.84 Å². The number of nitrogens with zero attached hydrogens (tertiary/aromatic N) is 2. The van der Waals surface area contributed by atoms with Crippen molar-refractivity contribution in [2.75, 3.05) is 17.7 Å². The fourth-order valence-corrected chi connectivity index (χ4v) is 4.83. The summed E-state index contributed by atoms with van der Waals surface area (Å²) < 4.78 is 24.4. The number of fused-ring (bicyclic) bond motifs is 3. The fourth-order valence-electron chi connectivity index (χ4n) is 3.28. The molecule has 0 spiro atoms. The van der Waals surface area contributed by atoms with Crippen LogP contribution >= 0.6 is 0 Å². The summed E-state index contributed by atoms with van der Waals surface area (Å²) >= 11 is 0. The number of hydrogen-bond donors (Lipinski definition) is 2. The van der Waals surface area contributed by atoms with Crippen LogP contribution in [0.1, 0.15) is 17.2 Å². The van der Waals surface area contributed by atoms with Crippen LogP contribution < -0.4 is 5.32 Å². The first kappa shape index (κ1) is 16.0. The Morgan fingerprint density at radius 2 is 1.92 bits per heavy atom. The molecular weight excluding hydrogens is 338 g/mol. The lowest BCUT2D eigenvalue weighted by Gasteiger charge is -2.19. The highest BCUT2D eigenvalue weighted by atomic mass is 32.2. The van der Waals surface area contributed by atoms with Crippen LogP contribution in [0.25, 0.3) is 10.9 Å². The van der Waals surface area contributed by atoms with Crippen molar-refractivity contribution in [2.45, 2.75) is 17.4 Å². The quantitative estimate of drug-likeness (QED) is 0.745. The molecule has 0 saturated carbocycles. The van der Waals surface area contributed by atoms with E-state index in [4.69, 9.17) is 0 Å². The lowest BCUT2D eigenvalue weighted by molar-refractivity contribution is 0.276. The zero-order chi connectivity index (χ0) is 17.4. The maximum absolute atomic E-state index is 12.2. The van der Waals surface area contributed by atoms with Crippen molar-refractivity contribution in [3.05, 3.63) is 59.9 Å². The molecule has 0 aliphatic carbocycles. The number of sulfone groups is 1. The number of aromatic nitrogens is 2. The Morgan fingerprint density at radius 3 is 2.68 bits per heavy atom. The third-order valence-corrected chi connectivity index (χ3v) is 6.31. The van der Waals surface area contributed by atoms with Gasteiger partial charge in [-0.15, -0.1) is 0 Å². The van der Waals surface area contributed by atoms with E-state index in [1.807, 2.05) is 30.3 Å². The molecule has 25 heavy (non-hydrogen) atoms. The maximum atomic E-state index is 12.2. The normalized spacial score (nSPS) is 16.5. The van der Waals surface area contributed by atoms with Gasteiger partial charge in [-0.2, -0.15) is 0 Å². The smallest absolute Gasteiger partial charge is 0.179 e. The van der Waals surface area contributed by atoms with Crippen molar-refractivity contribution in [2.24, 2.45) is 0 Å². The molecule has 1 atom stereocenters. The summed E-state index contributed by atoms with van der Waals surface area (Å²) in [6.45, 7) is -0.108. The highest BCUT2D eigenvalue weighted by Crippen LogP contribution is 2.35. The van der Waals surface area contributed by atoms with E-state index in [-0.39, 0.29) is 18.4 Å². The van der Waals surface area contributed by atoms with E-state index in [1.54, 1.807) is 12.1 Å². The predicted octanol–water partition coefficient (Wildman–Crippen LogP) is 2.11. The van der Waals surface area contributed by atoms with Crippen LogP contribution in [0.3, 0.4) is 0 Å². The fraction of sp³-hybridized carbons (Fsp3) is 0.222. The number of aryl methyl sites for hydroxylation is 1. The van der Waals surface area contributed by atoms with E-state index in [0.29, 0.717) is 22.7 Å². The molecule has 1 aliphatic rings. The van der Waals surface area contributed by atoms with Gasteiger partial charge in [-0.1, -0.05) is 30.3 Å². The molecule has 0 amide bonds. The van der Waals surface area contributed by atoms with Crippen molar-refractivity contribution < 1.29 is 13.5 Å². The van der Waals surface area contributed by atoms with Crippen LogP contribution in [-0.2, 0) is 16.3 Å². The average molecular weight is 355 g/mol. The summed E-state index contributed by atoms with van der Waals surface area (Å²) in [4.78, 5) is 8.94. The SMILES string of the molecule is O=S1(=O)CCc2c1ccc1ncnc(NC(CO)c3ccccc3)c21. The molecule has 0 radical (unpaired) electrons. The number of nitrogens with one attached hydrogen (secondary N) is 1. The first-order valence-electron chi connectivity index (χ1n) is 8.02. The molecule has 2 aromatic carbocycles. The number of benzene rings is 2. The summed E-state index contributed by atoms with van der Waals surface area (Å²) in [5.74, 6) is 0.652. The second kappa shape index (κ2) is 6.09. The second-order valence-corrected chi connectivity index (χ2v) is 8.10. The number of aliphatic hydroxyl groups is 1. The molecular formula is C18H17N3O3S. The lowest BCUT2D eigenvalue weighted by Crippen LogP contribution is -2.16. The van der Waals surface area contributed by atoms with Crippen LogP contribution in [-0.4, -0.2) is 35.9 Å². The third kappa shape index (κ3) is 2.75. The van der Waals surface area contributed by atoms with E-state index in [9.17, 15) is 13.5 Å². The zero-order valence-corrected chi connectivity index (χ0v) is 14.2. The van der Waals surface area contributed by atoms with Crippen LogP contribution in [0.15, 0.2) is 53.7 Å². The number of hydrogen-bond acceptors (Lipinski definition) is 6. The van der Waals surface area contributed by atoms with E-state index >= 15 is 0 Å². The summed E-state index contributed by atoms with van der Waals surface area (Å²) in [6, 6.07) is 12.6. The first-order chi connectivity index (χ1) is 12.1. The minimum Gasteiger partial charge on any atom is -0.394 e. The van der Waals surface area contributed by atoms with Gasteiger partial charge in [-0.05, 0) is 29.7 Å². The molecule has 4 rings (SSSR count). The third-order valence-electron chi connectivity index (χ3n) is 4.52. The molecule has 2 N–H and O–H groups in total. The van der Waals surface area contributed by atoms with Gasteiger partial charge in [0.25, 0.3) is 0 Å². The Morgan fingerprint density at radius 1 is 1.12 bits per heavy atom. The minimum absolute atomic E-state index is 0.108. The Kier molecular flexibility index (Phi) is 3.89. The summed E-state index contributed by atoms with van der Waals surface area (Å²) in [5, 5.41) is 13.8. The van der Waals surface area contributed by atoms with Crippen molar-refractivity contribution in [3.8, 4) is 0 Å². The standard InChI is InChI=1S/C18H17N3O3S/c22-10-15(12-4-2-1-3-5-12)21-18-17-13-8-9-25(23,24)16(13)7-6-14(17)19-11-20-18/h1-7,11,15,22H,8-10H2,(H,19,20,21). The lowest BCUT2D eigenvalue weighted by atomic mass is 10.0. The van der Waals surface area contributed by atoms with E-state index in [2.05, 4.69) is 15.3 Å². The van der Waals surface area contributed by atoms with Gasteiger partial charge >= 0.3 is 0 Å². The largest absolute Gasteiger partial charge is 0.394 e. The van der Waals surface area contributed by atoms with Crippen LogP contribution in [0.5, 0.6) is 0 Å². The number of anilines is 1. The van der Waals surface area contributed by atoms with Crippen LogP contribution in [0.2, 0.25) is 0 Å². The van der Waals surface area contributed by atoms with Crippen molar-refractivity contribution in [3.63, 3.8) is 0 Å². The molecule has 6 nitrogen and oxygen atoms in total. The topological polar surface area (TPSA) is 92.2 Å². The molecule has 1 aliphatic heterocycles. The van der Waals surface area contributed by atoms with Crippen molar-refractivity contribution >= 4 is 26.6 Å². The zero-order valence-electron chi connectivity index (χ0n) is 13.4. The van der Waals surface area contributed by atoms with Gasteiger partial charge in [0.2, 0.25) is 0 Å². The Hall–Kier alpha value is -2.51. The van der Waals surface area contributed by atoms with Gasteiger partial charge in [-0.3, -0.25) is 0 Å². The van der Waals surface area contributed by atoms with Crippen molar-refractivity contribution in [1.29, 1.82) is 0 Å². The van der Waals surface area contributed by atoms with E-state index in [1.165, 1.54) is 6.33 Å². The van der Waals surface area contributed by atoms with Gasteiger partial charge < -0.3 is 10.4 Å². The van der Waals surface area contributed by atoms with E-state index in [0.717, 1.165) is 16.5 Å². The Bertz CT molecular complexity index is 1040. The number of rotatable bonds is 4. The van der Waals surface area contributed by atoms with Gasteiger partial charge in [0.15, 0.2) is 9.84 Å². The average Bonchev–Trinajstić information content (AvgIpc) is 2.95. The molecule has 1 unspecified atom stereocenters. The maximum Gasteiger partial charge on any atom is 0.179 e. The first-order valence-corrected chi connectivity index (χ1v) is 9.67. The molecule has 128 valence electrons. The molecule has 2 heterocycles. The van der Waals surface area contributed by atoms with Gasteiger partial charge in [-0.25, -0.2) is 18.4 Å². The Balaban J connectivity index is 1.84. The molecule has 0 saturated heterocycles. The number of aliphatic hydroxyl groups excluding tert-OH is 1. The molecule has 0 bridgehead atoms. The predicted molar refractivity (Wildman–Crippen MR) is 95.2 cm³/mol. The Labute approximate surface area is 145 Å². The summed E-state index contributed by atoms with van der Waals surface area (Å²) in [6.07, 6.45) is 1.89. The van der Waals surface area contributed by atoms with Gasteiger partial charge in [0.05, 0.1) is 28.8 Å². The van der Waals surface area contributed by atoms with Gasteiger partial charge in [0, 0.05) is 5.39 Å². The molecule has 3 aromatic rings. The molecule has 7 heteroatoms. The van der Waals surface area contributed by atoms with Crippen LogP contribution in [0, 0.1) is 0 Å². The molecule has 0 fully saturated rings. The minimum atomic E-state index is -3.23. The monoisotopic (exact) mass is 355 g/mol. The van der Waals surface area contributed by atoms with Gasteiger partial charge in [0.1, 0.15) is 12.1 Å². The summed E-state index contributed by atoms with van der Waals surface area (Å²) in [5.41, 5.74) is 2.38. The second-order valence-electron chi connectivity index (χ2n) is 6.02. The highest BCUT2D eigenvalue weighted by Gasteiger charge is 2.29.